The zero-order valence-corrected chi connectivity index (χ0v) is 6.23. The summed E-state index contributed by atoms with van der Waals surface area (Å²) >= 11 is 0. The summed E-state index contributed by atoms with van der Waals surface area (Å²) in [7, 11) is 0. The third-order valence-corrected chi connectivity index (χ3v) is 1.29. The monoisotopic (exact) mass is 146 g/mol. The molecule has 56 valence electrons. The van der Waals surface area contributed by atoms with E-state index in [1.54, 1.807) is 12.2 Å². The molecule has 0 heterocycles. The maximum absolute atomic E-state index is 10.9. The molecule has 0 unspecified atom stereocenters. The van der Waals surface area contributed by atoms with E-state index in [0.717, 1.165) is 0 Å². The predicted octanol–water partition coefficient (Wildman–Crippen LogP) is 2.18. The van der Waals surface area contributed by atoms with E-state index in [2.05, 4.69) is 0 Å². The second kappa shape index (κ2) is 4.45. The number of hydrogen-bond donors (Lipinski definition) is 0. The van der Waals surface area contributed by atoms with Gasteiger partial charge in [0, 0.05) is 6.42 Å². The standard InChI is InChI=1S/C10H10O/c11-10-8-6-4-2-1-3-5-7-9-10/h1-8H,9H2/b3-1-,4-2-,7-5+,8-6+. The first-order valence-electron chi connectivity index (χ1n) is 3.59. The Morgan fingerprint density at radius 1 is 0.909 bits per heavy atom. The van der Waals surface area contributed by atoms with Gasteiger partial charge in [-0.1, -0.05) is 42.5 Å². The lowest BCUT2D eigenvalue weighted by atomic mass is 10.2. The minimum Gasteiger partial charge on any atom is -0.295 e. The molecular weight excluding hydrogens is 136 g/mol. The van der Waals surface area contributed by atoms with Crippen molar-refractivity contribution in [2.24, 2.45) is 0 Å². The molecule has 0 aliphatic heterocycles. The van der Waals surface area contributed by atoms with E-state index in [1.165, 1.54) is 0 Å². The fourth-order valence-electron chi connectivity index (χ4n) is 0.750. The maximum atomic E-state index is 10.9. The molecular formula is C10H10O. The lowest BCUT2D eigenvalue weighted by Gasteiger charge is -1.85. The molecule has 0 saturated carbocycles. The van der Waals surface area contributed by atoms with Gasteiger partial charge in [-0.25, -0.2) is 0 Å². The van der Waals surface area contributed by atoms with Gasteiger partial charge in [0.1, 0.15) is 0 Å². The van der Waals surface area contributed by atoms with Gasteiger partial charge in [-0.05, 0) is 6.08 Å². The summed E-state index contributed by atoms with van der Waals surface area (Å²) in [4.78, 5) is 10.9. The van der Waals surface area contributed by atoms with Crippen molar-refractivity contribution in [3.8, 4) is 0 Å². The van der Waals surface area contributed by atoms with Gasteiger partial charge >= 0.3 is 0 Å². The van der Waals surface area contributed by atoms with Crippen molar-refractivity contribution in [3.63, 3.8) is 0 Å². The predicted molar refractivity (Wildman–Crippen MR) is 46.2 cm³/mol. The third-order valence-electron chi connectivity index (χ3n) is 1.29. The molecule has 0 amide bonds. The number of carbonyl (C=O) groups is 1. The van der Waals surface area contributed by atoms with Gasteiger partial charge in [-0.15, -0.1) is 0 Å². The Hall–Kier alpha value is -1.37. The largest absolute Gasteiger partial charge is 0.295 e. The number of ketones is 1. The van der Waals surface area contributed by atoms with Crippen LogP contribution in [0.4, 0.5) is 0 Å². The van der Waals surface area contributed by atoms with Crippen LogP contribution < -0.4 is 0 Å². The Kier molecular flexibility index (Phi) is 3.13. The summed E-state index contributed by atoms with van der Waals surface area (Å²) in [6.07, 6.45) is 15.1. The van der Waals surface area contributed by atoms with E-state index in [4.69, 9.17) is 0 Å². The summed E-state index contributed by atoms with van der Waals surface area (Å²) in [5.74, 6) is 0.140. The molecule has 0 N–H and O–H groups in total. The average molecular weight is 146 g/mol. The molecule has 1 rings (SSSR count). The summed E-state index contributed by atoms with van der Waals surface area (Å²) in [6.45, 7) is 0. The Balaban J connectivity index is 2.69. The van der Waals surface area contributed by atoms with Gasteiger partial charge in [-0.2, -0.15) is 0 Å². The van der Waals surface area contributed by atoms with Crippen LogP contribution in [0.3, 0.4) is 0 Å². The molecule has 0 radical (unpaired) electrons. The highest BCUT2D eigenvalue weighted by Gasteiger charge is 1.89. The van der Waals surface area contributed by atoms with Crippen LogP contribution in [-0.2, 0) is 4.79 Å². The van der Waals surface area contributed by atoms with Crippen molar-refractivity contribution in [3.05, 3.63) is 48.6 Å². The van der Waals surface area contributed by atoms with E-state index in [9.17, 15) is 4.79 Å². The zero-order chi connectivity index (χ0) is 7.94. The normalized spacial score (nSPS) is 28.9. The fourth-order valence-corrected chi connectivity index (χ4v) is 0.750. The summed E-state index contributed by atoms with van der Waals surface area (Å²) in [6, 6.07) is 0. The maximum Gasteiger partial charge on any atom is 0.159 e. The quantitative estimate of drug-likeness (QED) is 0.512. The molecule has 0 aromatic carbocycles. The van der Waals surface area contributed by atoms with Crippen molar-refractivity contribution < 1.29 is 4.79 Å². The van der Waals surface area contributed by atoms with Gasteiger partial charge in [0.25, 0.3) is 0 Å². The van der Waals surface area contributed by atoms with Gasteiger partial charge in [0.05, 0.1) is 0 Å². The van der Waals surface area contributed by atoms with Crippen LogP contribution in [0.2, 0.25) is 0 Å². The van der Waals surface area contributed by atoms with Crippen molar-refractivity contribution in [2.75, 3.05) is 0 Å². The van der Waals surface area contributed by atoms with Gasteiger partial charge in [0.2, 0.25) is 0 Å². The van der Waals surface area contributed by atoms with Crippen LogP contribution in [0.25, 0.3) is 0 Å². The molecule has 1 nitrogen and oxygen atoms in total. The summed E-state index contributed by atoms with van der Waals surface area (Å²) in [5, 5.41) is 0. The second-order valence-corrected chi connectivity index (χ2v) is 2.23. The topological polar surface area (TPSA) is 17.1 Å². The number of allylic oxidation sites excluding steroid dienone is 8. The lowest BCUT2D eigenvalue weighted by Crippen LogP contribution is -1.87. The SMILES string of the molecule is O=C1/C=C/C=C\C=C/C=C/C1. The van der Waals surface area contributed by atoms with Crippen LogP contribution in [0.1, 0.15) is 6.42 Å². The molecule has 0 saturated heterocycles. The first-order chi connectivity index (χ1) is 5.39. The Bertz CT molecular complexity index is 242. The van der Waals surface area contributed by atoms with E-state index in [-0.39, 0.29) is 5.78 Å². The van der Waals surface area contributed by atoms with Crippen LogP contribution in [0.5, 0.6) is 0 Å². The van der Waals surface area contributed by atoms with Gasteiger partial charge < -0.3 is 0 Å². The molecule has 0 aromatic heterocycles. The second-order valence-electron chi connectivity index (χ2n) is 2.23. The molecule has 0 fully saturated rings. The first kappa shape index (κ1) is 7.73. The van der Waals surface area contributed by atoms with Crippen molar-refractivity contribution >= 4 is 5.78 Å². The average Bonchev–Trinajstić information content (AvgIpc) is 2.03. The van der Waals surface area contributed by atoms with E-state index >= 15 is 0 Å². The van der Waals surface area contributed by atoms with Crippen molar-refractivity contribution in [1.82, 2.24) is 0 Å². The lowest BCUT2D eigenvalue weighted by molar-refractivity contribution is -0.113. The van der Waals surface area contributed by atoms with Crippen LogP contribution in [-0.4, -0.2) is 5.78 Å². The van der Waals surface area contributed by atoms with Crippen molar-refractivity contribution in [2.45, 2.75) is 6.42 Å². The molecule has 11 heavy (non-hydrogen) atoms. The third kappa shape index (κ3) is 3.36. The first-order valence-corrected chi connectivity index (χ1v) is 3.59. The van der Waals surface area contributed by atoms with Crippen LogP contribution in [0.15, 0.2) is 48.6 Å². The van der Waals surface area contributed by atoms with Gasteiger partial charge in [0.15, 0.2) is 5.78 Å². The molecule has 0 atom stereocenters. The number of carbonyl (C=O) groups excluding carboxylic acids is 1. The fraction of sp³-hybridized carbons (Fsp3) is 0.100. The smallest absolute Gasteiger partial charge is 0.159 e. The summed E-state index contributed by atoms with van der Waals surface area (Å²) in [5.41, 5.74) is 0. The molecule has 1 aliphatic carbocycles. The Labute approximate surface area is 66.4 Å². The van der Waals surface area contributed by atoms with E-state index in [1.807, 2.05) is 36.5 Å². The van der Waals surface area contributed by atoms with E-state index < -0.39 is 0 Å². The number of hydrogen-bond acceptors (Lipinski definition) is 1. The molecule has 0 bridgehead atoms. The van der Waals surface area contributed by atoms with Crippen LogP contribution in [0, 0.1) is 0 Å². The van der Waals surface area contributed by atoms with E-state index in [0.29, 0.717) is 6.42 Å². The Morgan fingerprint density at radius 2 is 1.55 bits per heavy atom. The Morgan fingerprint density at radius 3 is 2.36 bits per heavy atom. The van der Waals surface area contributed by atoms with Crippen LogP contribution >= 0.6 is 0 Å². The highest BCUT2D eigenvalue weighted by Crippen LogP contribution is 1.92. The van der Waals surface area contributed by atoms with Crippen molar-refractivity contribution in [1.29, 1.82) is 0 Å². The highest BCUT2D eigenvalue weighted by molar-refractivity contribution is 5.90. The van der Waals surface area contributed by atoms with Gasteiger partial charge in [-0.3, -0.25) is 4.79 Å². The number of rotatable bonds is 0. The minimum atomic E-state index is 0.140. The highest BCUT2D eigenvalue weighted by atomic mass is 16.1. The molecule has 0 spiro atoms. The minimum absolute atomic E-state index is 0.140. The summed E-state index contributed by atoms with van der Waals surface area (Å²) < 4.78 is 0. The molecule has 0 aromatic rings. The molecule has 1 heteroatoms. The zero-order valence-electron chi connectivity index (χ0n) is 6.23. The molecule has 1 aliphatic rings.